The van der Waals surface area contributed by atoms with Gasteiger partial charge >= 0.3 is 0 Å². The number of benzene rings is 4. The third kappa shape index (κ3) is 3.04. The molecule has 158 valence electrons. The van der Waals surface area contributed by atoms with Crippen LogP contribution in [-0.4, -0.2) is 29.9 Å². The fraction of sp³-hybridized carbons (Fsp3) is 0. The Morgan fingerprint density at radius 2 is 0.794 bits per heavy atom. The van der Waals surface area contributed by atoms with Crippen LogP contribution in [0.4, 0.5) is 0 Å². The van der Waals surface area contributed by atoms with Crippen molar-refractivity contribution in [2.75, 3.05) is 0 Å². The Morgan fingerprint density at radius 3 is 1.26 bits per heavy atom. The number of hydrogen-bond acceptors (Lipinski definition) is 6. The van der Waals surface area contributed by atoms with Crippen molar-refractivity contribution in [2.45, 2.75) is 0 Å². The van der Waals surface area contributed by atoms with Gasteiger partial charge in [-0.1, -0.05) is 48.5 Å². The average Bonchev–Trinajstić information content (AvgIpc) is 2.90. The molecule has 0 saturated heterocycles. The van der Waals surface area contributed by atoms with Gasteiger partial charge in [0, 0.05) is 0 Å². The normalized spacial score (nSPS) is 11.5. The zero-order chi connectivity index (χ0) is 22.5. The highest BCUT2D eigenvalue weighted by Gasteiger charge is 2.17. The fourth-order valence-corrected chi connectivity index (χ4v) is 4.24. The van der Waals surface area contributed by atoms with Gasteiger partial charge in [-0.3, -0.25) is 9.97 Å². The van der Waals surface area contributed by atoms with Crippen LogP contribution in [0, 0.1) is 0 Å². The highest BCUT2D eigenvalue weighted by Crippen LogP contribution is 2.31. The van der Waals surface area contributed by atoms with E-state index in [2.05, 4.69) is 34.2 Å². The number of para-hydroxylation sites is 4. The molecule has 7 rings (SSSR count). The van der Waals surface area contributed by atoms with E-state index in [0.29, 0.717) is 22.8 Å². The maximum Gasteiger partial charge on any atom is 0.119 e. The van der Waals surface area contributed by atoms with Gasteiger partial charge in [0.2, 0.25) is 0 Å². The highest BCUT2D eigenvalue weighted by molar-refractivity contribution is 5.97. The van der Waals surface area contributed by atoms with Crippen LogP contribution in [0.25, 0.3) is 66.6 Å². The zero-order valence-electron chi connectivity index (χ0n) is 17.9. The van der Waals surface area contributed by atoms with Crippen molar-refractivity contribution in [3.05, 3.63) is 97.3 Å². The van der Waals surface area contributed by atoms with E-state index in [0.717, 1.165) is 43.9 Å². The Balaban J connectivity index is 1.54. The zero-order valence-corrected chi connectivity index (χ0v) is 17.9. The van der Waals surface area contributed by atoms with Crippen LogP contribution in [0.1, 0.15) is 0 Å². The quantitative estimate of drug-likeness (QED) is 0.309. The number of hydrogen-bond donors (Lipinski definition) is 0. The molecule has 4 aromatic carbocycles. The summed E-state index contributed by atoms with van der Waals surface area (Å²) in [6.07, 6.45) is 3.49. The van der Waals surface area contributed by atoms with Crippen molar-refractivity contribution in [1.29, 1.82) is 0 Å². The van der Waals surface area contributed by atoms with E-state index >= 15 is 0 Å². The van der Waals surface area contributed by atoms with Crippen molar-refractivity contribution in [2.24, 2.45) is 0 Å². The van der Waals surface area contributed by atoms with E-state index in [1.807, 2.05) is 60.7 Å². The van der Waals surface area contributed by atoms with Gasteiger partial charge in [0.05, 0.1) is 45.5 Å². The third-order valence-electron chi connectivity index (χ3n) is 5.91. The first-order valence-corrected chi connectivity index (χ1v) is 11.0. The summed E-state index contributed by atoms with van der Waals surface area (Å²) in [5, 5.41) is 2.22. The number of aromatic nitrogens is 6. The number of rotatable bonds is 2. The number of nitrogens with zero attached hydrogens (tertiary/aromatic N) is 6. The maximum atomic E-state index is 5.03. The maximum absolute atomic E-state index is 5.03. The number of fused-ring (bicyclic) bond motifs is 4. The molecule has 0 unspecified atom stereocenters. The van der Waals surface area contributed by atoms with E-state index in [-0.39, 0.29) is 0 Å². The molecule has 0 bridgehead atoms. The molecule has 0 amide bonds. The smallest absolute Gasteiger partial charge is 0.119 e. The lowest BCUT2D eigenvalue weighted by atomic mass is 10.1. The van der Waals surface area contributed by atoms with Crippen molar-refractivity contribution >= 4 is 43.9 Å². The summed E-state index contributed by atoms with van der Waals surface area (Å²) in [7, 11) is 0. The molecular formula is C28H16N6. The molecule has 6 nitrogen and oxygen atoms in total. The van der Waals surface area contributed by atoms with Gasteiger partial charge in [-0.25, -0.2) is 19.9 Å². The van der Waals surface area contributed by atoms with Crippen LogP contribution >= 0.6 is 0 Å². The average molecular weight is 436 g/mol. The molecule has 0 aliphatic carbocycles. The van der Waals surface area contributed by atoms with Crippen LogP contribution in [0.5, 0.6) is 0 Å². The van der Waals surface area contributed by atoms with Gasteiger partial charge in [0.15, 0.2) is 0 Å². The van der Waals surface area contributed by atoms with Crippen LogP contribution < -0.4 is 0 Å². The standard InChI is InChI=1S/C28H16N6/c1-2-8-18-14-24-23(13-17(18)7-1)33-27(25-15-29-19-9-3-5-11-21(19)31-25)28(34-24)26-16-30-20-10-4-6-12-22(20)32-26/h1-16H. The van der Waals surface area contributed by atoms with Crippen molar-refractivity contribution < 1.29 is 0 Å². The van der Waals surface area contributed by atoms with Crippen molar-refractivity contribution in [1.82, 2.24) is 29.9 Å². The molecule has 0 aliphatic rings. The third-order valence-corrected chi connectivity index (χ3v) is 5.91. The topological polar surface area (TPSA) is 77.3 Å². The lowest BCUT2D eigenvalue weighted by Crippen LogP contribution is -2.00. The highest BCUT2D eigenvalue weighted by atomic mass is 14.9. The minimum absolute atomic E-state index is 0.630. The second-order valence-corrected chi connectivity index (χ2v) is 8.10. The molecule has 0 spiro atoms. The summed E-state index contributed by atoms with van der Waals surface area (Å²) >= 11 is 0. The molecule has 0 saturated carbocycles. The largest absolute Gasteiger partial charge is 0.252 e. The van der Waals surface area contributed by atoms with Crippen LogP contribution in [0.3, 0.4) is 0 Å². The molecular weight excluding hydrogens is 420 g/mol. The Hall–Kier alpha value is -4.84. The van der Waals surface area contributed by atoms with E-state index in [1.165, 1.54) is 0 Å². The molecule has 0 fully saturated rings. The van der Waals surface area contributed by atoms with Gasteiger partial charge < -0.3 is 0 Å². The molecule has 3 heterocycles. The Kier molecular flexibility index (Phi) is 4.04. The summed E-state index contributed by atoms with van der Waals surface area (Å²) in [5.74, 6) is 0. The summed E-state index contributed by atoms with van der Waals surface area (Å²) in [5.41, 5.74) is 7.40. The van der Waals surface area contributed by atoms with E-state index < -0.39 is 0 Å². The van der Waals surface area contributed by atoms with Gasteiger partial charge in [-0.05, 0) is 47.2 Å². The molecule has 0 atom stereocenters. The van der Waals surface area contributed by atoms with E-state index in [1.54, 1.807) is 12.4 Å². The second-order valence-electron chi connectivity index (χ2n) is 8.10. The first-order chi connectivity index (χ1) is 16.8. The first kappa shape index (κ1) is 18.7. The minimum Gasteiger partial charge on any atom is -0.252 e. The Bertz CT molecular complexity index is 1740. The van der Waals surface area contributed by atoms with Crippen LogP contribution in [-0.2, 0) is 0 Å². The fourth-order valence-electron chi connectivity index (χ4n) is 4.24. The van der Waals surface area contributed by atoms with Crippen LogP contribution in [0.2, 0.25) is 0 Å². The van der Waals surface area contributed by atoms with Gasteiger partial charge in [0.25, 0.3) is 0 Å². The Morgan fingerprint density at radius 1 is 0.382 bits per heavy atom. The summed E-state index contributed by atoms with van der Waals surface area (Å²) in [6, 6.07) is 27.9. The Labute approximate surface area is 194 Å². The molecule has 3 aromatic heterocycles. The van der Waals surface area contributed by atoms with Crippen molar-refractivity contribution in [3.63, 3.8) is 0 Å². The predicted octanol–water partition coefficient (Wildman–Crippen LogP) is 6.00. The summed E-state index contributed by atoms with van der Waals surface area (Å²) in [4.78, 5) is 29.0. The first-order valence-electron chi connectivity index (χ1n) is 11.0. The van der Waals surface area contributed by atoms with Crippen LogP contribution in [0.15, 0.2) is 97.3 Å². The molecule has 0 radical (unpaired) electrons. The van der Waals surface area contributed by atoms with E-state index in [4.69, 9.17) is 19.9 Å². The van der Waals surface area contributed by atoms with Crippen molar-refractivity contribution in [3.8, 4) is 22.8 Å². The molecule has 7 aromatic rings. The lowest BCUT2D eigenvalue weighted by Gasteiger charge is -2.11. The summed E-state index contributed by atoms with van der Waals surface area (Å²) < 4.78 is 0. The molecule has 0 N–H and O–H groups in total. The molecule has 34 heavy (non-hydrogen) atoms. The molecule has 0 aliphatic heterocycles. The molecule has 6 heteroatoms. The summed E-state index contributed by atoms with van der Waals surface area (Å²) in [6.45, 7) is 0. The monoisotopic (exact) mass is 436 g/mol. The van der Waals surface area contributed by atoms with E-state index in [9.17, 15) is 0 Å². The van der Waals surface area contributed by atoms with Gasteiger partial charge in [-0.15, -0.1) is 0 Å². The van der Waals surface area contributed by atoms with Gasteiger partial charge in [0.1, 0.15) is 22.8 Å². The lowest BCUT2D eigenvalue weighted by molar-refractivity contribution is 1.20. The SMILES string of the molecule is c1ccc2cc3nc(-c4cnc5ccccc5n4)c(-c4cnc5ccccc5n4)nc3cc2c1. The second kappa shape index (κ2) is 7.35. The predicted molar refractivity (Wildman–Crippen MR) is 134 cm³/mol. The van der Waals surface area contributed by atoms with Gasteiger partial charge in [-0.2, -0.15) is 0 Å². The minimum atomic E-state index is 0.630.